The van der Waals surface area contributed by atoms with Crippen LogP contribution in [0.15, 0.2) is 54.6 Å². The molecule has 0 atom stereocenters. The third kappa shape index (κ3) is 6.07. The monoisotopic (exact) mass is 409 g/mol. The minimum absolute atomic E-state index is 0.179. The summed E-state index contributed by atoms with van der Waals surface area (Å²) in [5.74, 6) is -1.07. The lowest BCUT2D eigenvalue weighted by molar-refractivity contribution is -0.152. The van der Waals surface area contributed by atoms with Crippen molar-refractivity contribution in [1.29, 1.82) is 0 Å². The summed E-state index contributed by atoms with van der Waals surface area (Å²) in [6.07, 6.45) is 1.96. The van der Waals surface area contributed by atoms with Crippen LogP contribution in [0.2, 0.25) is 0 Å². The number of aryl methyl sites for hydroxylation is 1. The first-order chi connectivity index (χ1) is 14.5. The zero-order valence-electron chi connectivity index (χ0n) is 17.1. The van der Waals surface area contributed by atoms with Crippen LogP contribution in [0.1, 0.15) is 25.3 Å². The fourth-order valence-corrected chi connectivity index (χ4v) is 3.32. The molecule has 158 valence electrons. The van der Waals surface area contributed by atoms with E-state index in [1.807, 2.05) is 54.6 Å². The van der Waals surface area contributed by atoms with E-state index in [1.165, 1.54) is 5.56 Å². The molecule has 2 N–H and O–H groups in total. The number of carbonyl (C=O) groups excluding carboxylic acids is 3. The molecule has 7 heteroatoms. The number of para-hydroxylation sites is 1. The second-order valence-electron chi connectivity index (χ2n) is 7.26. The normalized spacial score (nSPS) is 14.1. The molecule has 1 aliphatic heterocycles. The highest BCUT2D eigenvalue weighted by molar-refractivity contribution is 5.93. The summed E-state index contributed by atoms with van der Waals surface area (Å²) in [5.41, 5.74) is 2.59. The summed E-state index contributed by atoms with van der Waals surface area (Å²) in [6, 6.07) is 16.6. The lowest BCUT2D eigenvalue weighted by atomic mass is 9.97. The fraction of sp³-hybridized carbons (Fsp3) is 0.348. The van der Waals surface area contributed by atoms with E-state index in [1.54, 1.807) is 4.90 Å². The number of nitrogens with one attached hydrogen (secondary N) is 2. The van der Waals surface area contributed by atoms with Crippen molar-refractivity contribution in [1.82, 2.24) is 4.90 Å². The summed E-state index contributed by atoms with van der Waals surface area (Å²) in [7, 11) is 0. The van der Waals surface area contributed by atoms with Crippen molar-refractivity contribution in [3.8, 4) is 0 Å². The SMILES string of the molecule is CCc1ccc(NC(=O)COC(=O)C2CCN(C(=O)Nc3ccccc3)CC2)cc1. The van der Waals surface area contributed by atoms with E-state index in [2.05, 4.69) is 17.6 Å². The van der Waals surface area contributed by atoms with Gasteiger partial charge < -0.3 is 20.3 Å². The molecule has 0 spiro atoms. The Kier molecular flexibility index (Phi) is 7.43. The Morgan fingerprint density at radius 2 is 1.57 bits per heavy atom. The summed E-state index contributed by atoms with van der Waals surface area (Å²) in [5, 5.41) is 5.56. The van der Waals surface area contributed by atoms with Gasteiger partial charge in [0.1, 0.15) is 0 Å². The Bertz CT molecular complexity index is 860. The van der Waals surface area contributed by atoms with Gasteiger partial charge in [0.05, 0.1) is 5.92 Å². The third-order valence-electron chi connectivity index (χ3n) is 5.13. The summed E-state index contributed by atoms with van der Waals surface area (Å²) in [6.45, 7) is 2.68. The Labute approximate surface area is 176 Å². The van der Waals surface area contributed by atoms with Crippen molar-refractivity contribution in [3.05, 3.63) is 60.2 Å². The van der Waals surface area contributed by atoms with Crippen LogP contribution in [0.4, 0.5) is 16.2 Å². The van der Waals surface area contributed by atoms with Gasteiger partial charge in [-0.2, -0.15) is 0 Å². The number of urea groups is 1. The number of nitrogens with zero attached hydrogens (tertiary/aromatic N) is 1. The minimum Gasteiger partial charge on any atom is -0.455 e. The van der Waals surface area contributed by atoms with Crippen LogP contribution in [0.5, 0.6) is 0 Å². The molecule has 3 amide bonds. The first-order valence-electron chi connectivity index (χ1n) is 10.2. The molecule has 3 rings (SSSR count). The van der Waals surface area contributed by atoms with Crippen molar-refractivity contribution in [3.63, 3.8) is 0 Å². The fourth-order valence-electron chi connectivity index (χ4n) is 3.32. The van der Waals surface area contributed by atoms with Crippen molar-refractivity contribution >= 4 is 29.3 Å². The highest BCUT2D eigenvalue weighted by Gasteiger charge is 2.28. The number of hydrogen-bond donors (Lipinski definition) is 2. The third-order valence-corrected chi connectivity index (χ3v) is 5.13. The Morgan fingerprint density at radius 3 is 2.20 bits per heavy atom. The van der Waals surface area contributed by atoms with E-state index in [0.717, 1.165) is 12.1 Å². The van der Waals surface area contributed by atoms with Crippen LogP contribution in [-0.4, -0.2) is 42.5 Å². The number of amides is 3. The molecule has 30 heavy (non-hydrogen) atoms. The van der Waals surface area contributed by atoms with E-state index >= 15 is 0 Å². The van der Waals surface area contributed by atoms with Gasteiger partial charge in [-0.25, -0.2) is 4.79 Å². The lowest BCUT2D eigenvalue weighted by Gasteiger charge is -2.30. The molecule has 2 aromatic carbocycles. The molecule has 0 aliphatic carbocycles. The lowest BCUT2D eigenvalue weighted by Crippen LogP contribution is -2.43. The Morgan fingerprint density at radius 1 is 0.933 bits per heavy atom. The molecule has 1 fully saturated rings. The number of hydrogen-bond acceptors (Lipinski definition) is 4. The summed E-state index contributed by atoms with van der Waals surface area (Å²) in [4.78, 5) is 38.3. The predicted molar refractivity (Wildman–Crippen MR) is 115 cm³/mol. The first kappa shape index (κ1) is 21.4. The van der Waals surface area contributed by atoms with Gasteiger partial charge >= 0.3 is 12.0 Å². The number of esters is 1. The average Bonchev–Trinajstić information content (AvgIpc) is 2.78. The summed E-state index contributed by atoms with van der Waals surface area (Å²) >= 11 is 0. The zero-order chi connectivity index (χ0) is 21.3. The first-order valence-corrected chi connectivity index (χ1v) is 10.2. The highest BCUT2D eigenvalue weighted by Crippen LogP contribution is 2.20. The van der Waals surface area contributed by atoms with Gasteiger partial charge in [-0.05, 0) is 49.1 Å². The van der Waals surface area contributed by atoms with Gasteiger partial charge in [0.2, 0.25) is 0 Å². The number of carbonyl (C=O) groups is 3. The topological polar surface area (TPSA) is 87.7 Å². The zero-order valence-corrected chi connectivity index (χ0v) is 17.1. The van der Waals surface area contributed by atoms with Crippen LogP contribution >= 0.6 is 0 Å². The van der Waals surface area contributed by atoms with Crippen LogP contribution < -0.4 is 10.6 Å². The van der Waals surface area contributed by atoms with Crippen molar-refractivity contribution < 1.29 is 19.1 Å². The molecule has 0 aromatic heterocycles. The molecular formula is C23H27N3O4. The second kappa shape index (κ2) is 10.4. The van der Waals surface area contributed by atoms with Crippen LogP contribution in [-0.2, 0) is 20.7 Å². The van der Waals surface area contributed by atoms with Crippen molar-refractivity contribution in [2.24, 2.45) is 5.92 Å². The van der Waals surface area contributed by atoms with E-state index in [9.17, 15) is 14.4 Å². The maximum absolute atomic E-state index is 12.3. The Hall–Kier alpha value is -3.35. The highest BCUT2D eigenvalue weighted by atomic mass is 16.5. The molecule has 1 heterocycles. The number of anilines is 2. The van der Waals surface area contributed by atoms with Gasteiger partial charge in [0.25, 0.3) is 5.91 Å². The largest absolute Gasteiger partial charge is 0.455 e. The molecule has 0 unspecified atom stereocenters. The number of benzene rings is 2. The van der Waals surface area contributed by atoms with E-state index in [4.69, 9.17) is 4.74 Å². The predicted octanol–water partition coefficient (Wildman–Crippen LogP) is 3.67. The van der Waals surface area contributed by atoms with Gasteiger partial charge in [0, 0.05) is 24.5 Å². The van der Waals surface area contributed by atoms with Crippen molar-refractivity contribution in [2.45, 2.75) is 26.2 Å². The van der Waals surface area contributed by atoms with Crippen LogP contribution in [0.25, 0.3) is 0 Å². The maximum atomic E-state index is 12.3. The molecule has 0 radical (unpaired) electrons. The molecule has 1 aliphatic rings. The molecule has 2 aromatic rings. The second-order valence-corrected chi connectivity index (χ2v) is 7.26. The van der Waals surface area contributed by atoms with Gasteiger partial charge in [-0.15, -0.1) is 0 Å². The van der Waals surface area contributed by atoms with E-state index in [0.29, 0.717) is 31.6 Å². The van der Waals surface area contributed by atoms with Gasteiger partial charge in [-0.3, -0.25) is 9.59 Å². The molecule has 0 bridgehead atoms. The molecular weight excluding hydrogens is 382 g/mol. The number of likely N-dealkylation sites (tertiary alicyclic amines) is 1. The smallest absolute Gasteiger partial charge is 0.321 e. The summed E-state index contributed by atoms with van der Waals surface area (Å²) < 4.78 is 5.18. The molecule has 1 saturated heterocycles. The Balaban J connectivity index is 1.38. The quantitative estimate of drug-likeness (QED) is 0.713. The molecule has 0 saturated carbocycles. The van der Waals surface area contributed by atoms with Crippen LogP contribution in [0, 0.1) is 5.92 Å². The standard InChI is InChI=1S/C23H27N3O4/c1-2-17-8-10-20(11-9-17)24-21(27)16-30-22(28)18-12-14-26(15-13-18)23(29)25-19-6-4-3-5-7-19/h3-11,18H,2,12-16H2,1H3,(H,24,27)(H,25,29). The molecule has 7 nitrogen and oxygen atoms in total. The van der Waals surface area contributed by atoms with Crippen LogP contribution in [0.3, 0.4) is 0 Å². The van der Waals surface area contributed by atoms with Gasteiger partial charge in [0.15, 0.2) is 6.61 Å². The van der Waals surface area contributed by atoms with E-state index < -0.39 is 5.97 Å². The van der Waals surface area contributed by atoms with E-state index in [-0.39, 0.29) is 24.5 Å². The number of rotatable bonds is 6. The average molecular weight is 409 g/mol. The number of ether oxygens (including phenoxy) is 1. The maximum Gasteiger partial charge on any atom is 0.321 e. The van der Waals surface area contributed by atoms with Gasteiger partial charge in [-0.1, -0.05) is 37.3 Å². The van der Waals surface area contributed by atoms with Crippen molar-refractivity contribution in [2.75, 3.05) is 30.3 Å². The number of piperidine rings is 1. The minimum atomic E-state index is -0.394.